The standard InChI is InChI=1S/C19H21N5/c1-13-8-14(2)10-17(9-13)23-18-11-15(3)22-19(24-18)21-12-16-6-4-5-7-20-16/h4-11H,12H2,1-3H3,(H2,21,22,23,24). The zero-order valence-electron chi connectivity index (χ0n) is 14.2. The van der Waals surface area contributed by atoms with E-state index in [0.717, 1.165) is 22.9 Å². The molecule has 0 unspecified atom stereocenters. The number of anilines is 3. The number of nitrogens with one attached hydrogen (secondary N) is 2. The van der Waals surface area contributed by atoms with E-state index in [0.29, 0.717) is 12.5 Å². The molecule has 2 heterocycles. The van der Waals surface area contributed by atoms with Gasteiger partial charge in [-0.1, -0.05) is 12.1 Å². The minimum absolute atomic E-state index is 0.590. The van der Waals surface area contributed by atoms with Crippen LogP contribution in [0.1, 0.15) is 22.5 Å². The number of rotatable bonds is 5. The van der Waals surface area contributed by atoms with Crippen LogP contribution in [0.3, 0.4) is 0 Å². The Morgan fingerprint density at radius 2 is 1.71 bits per heavy atom. The van der Waals surface area contributed by atoms with Crippen molar-refractivity contribution in [2.24, 2.45) is 0 Å². The molecule has 122 valence electrons. The topological polar surface area (TPSA) is 62.7 Å². The molecule has 0 aliphatic rings. The van der Waals surface area contributed by atoms with E-state index in [1.807, 2.05) is 31.2 Å². The third-order valence-corrected chi connectivity index (χ3v) is 3.50. The van der Waals surface area contributed by atoms with Crippen LogP contribution >= 0.6 is 0 Å². The second kappa shape index (κ2) is 7.08. The van der Waals surface area contributed by atoms with Crippen LogP contribution in [0.4, 0.5) is 17.5 Å². The van der Waals surface area contributed by atoms with Crippen molar-refractivity contribution in [1.82, 2.24) is 15.0 Å². The van der Waals surface area contributed by atoms with E-state index in [1.165, 1.54) is 11.1 Å². The van der Waals surface area contributed by atoms with Gasteiger partial charge in [-0.3, -0.25) is 4.98 Å². The summed E-state index contributed by atoms with van der Waals surface area (Å²) < 4.78 is 0. The molecule has 2 aromatic heterocycles. The average molecular weight is 319 g/mol. The van der Waals surface area contributed by atoms with E-state index >= 15 is 0 Å². The number of benzene rings is 1. The summed E-state index contributed by atoms with van der Waals surface area (Å²) in [6, 6.07) is 14.1. The predicted molar refractivity (Wildman–Crippen MR) is 97.5 cm³/mol. The first-order valence-electron chi connectivity index (χ1n) is 7.93. The number of nitrogens with zero attached hydrogens (tertiary/aromatic N) is 3. The van der Waals surface area contributed by atoms with Gasteiger partial charge < -0.3 is 10.6 Å². The number of aromatic nitrogens is 3. The van der Waals surface area contributed by atoms with E-state index in [1.54, 1.807) is 6.20 Å². The molecule has 0 saturated carbocycles. The molecule has 0 aliphatic carbocycles. The summed E-state index contributed by atoms with van der Waals surface area (Å²) >= 11 is 0. The lowest BCUT2D eigenvalue weighted by Gasteiger charge is -2.11. The van der Waals surface area contributed by atoms with Crippen LogP contribution in [0, 0.1) is 20.8 Å². The quantitative estimate of drug-likeness (QED) is 0.739. The van der Waals surface area contributed by atoms with Crippen LogP contribution in [0.2, 0.25) is 0 Å². The fourth-order valence-electron chi connectivity index (χ4n) is 2.58. The molecule has 3 aromatic rings. The van der Waals surface area contributed by atoms with E-state index in [4.69, 9.17) is 0 Å². The summed E-state index contributed by atoms with van der Waals surface area (Å²) in [4.78, 5) is 13.3. The first kappa shape index (κ1) is 15.9. The van der Waals surface area contributed by atoms with Crippen LogP contribution in [0.25, 0.3) is 0 Å². The highest BCUT2D eigenvalue weighted by molar-refractivity contribution is 5.59. The summed E-state index contributed by atoms with van der Waals surface area (Å²) in [7, 11) is 0. The van der Waals surface area contributed by atoms with Gasteiger partial charge in [-0.05, 0) is 56.2 Å². The minimum Gasteiger partial charge on any atom is -0.349 e. The summed E-state index contributed by atoms with van der Waals surface area (Å²) in [6.45, 7) is 6.72. The summed E-state index contributed by atoms with van der Waals surface area (Å²) in [5.41, 5.74) is 5.32. The molecule has 0 bridgehead atoms. The highest BCUT2D eigenvalue weighted by Crippen LogP contribution is 2.19. The first-order valence-corrected chi connectivity index (χ1v) is 7.93. The van der Waals surface area contributed by atoms with Crippen molar-refractivity contribution in [3.05, 3.63) is 71.2 Å². The van der Waals surface area contributed by atoms with Gasteiger partial charge in [-0.2, -0.15) is 4.98 Å². The van der Waals surface area contributed by atoms with Crippen molar-refractivity contribution in [3.8, 4) is 0 Å². The van der Waals surface area contributed by atoms with Gasteiger partial charge in [-0.15, -0.1) is 0 Å². The van der Waals surface area contributed by atoms with E-state index in [-0.39, 0.29) is 0 Å². The Kier molecular flexibility index (Phi) is 4.70. The maximum Gasteiger partial charge on any atom is 0.225 e. The third-order valence-electron chi connectivity index (χ3n) is 3.50. The van der Waals surface area contributed by atoms with Gasteiger partial charge in [0.05, 0.1) is 12.2 Å². The maximum absolute atomic E-state index is 4.54. The maximum atomic E-state index is 4.54. The van der Waals surface area contributed by atoms with E-state index in [2.05, 4.69) is 57.6 Å². The monoisotopic (exact) mass is 319 g/mol. The normalized spacial score (nSPS) is 10.5. The summed E-state index contributed by atoms with van der Waals surface area (Å²) in [6.07, 6.45) is 1.78. The molecule has 0 saturated heterocycles. The lowest BCUT2D eigenvalue weighted by molar-refractivity contribution is 0.991. The Balaban J connectivity index is 1.76. The second-order valence-electron chi connectivity index (χ2n) is 5.89. The zero-order chi connectivity index (χ0) is 16.9. The van der Waals surface area contributed by atoms with E-state index < -0.39 is 0 Å². The van der Waals surface area contributed by atoms with Crippen molar-refractivity contribution in [3.63, 3.8) is 0 Å². The first-order chi connectivity index (χ1) is 11.6. The third kappa shape index (κ3) is 4.29. The minimum atomic E-state index is 0.590. The predicted octanol–water partition coefficient (Wildman–Crippen LogP) is 4.15. The fraction of sp³-hybridized carbons (Fsp3) is 0.211. The van der Waals surface area contributed by atoms with Gasteiger partial charge in [0.25, 0.3) is 0 Å². The lowest BCUT2D eigenvalue weighted by atomic mass is 10.1. The molecule has 2 N–H and O–H groups in total. The SMILES string of the molecule is Cc1cc(C)cc(Nc2cc(C)nc(NCc3ccccn3)n2)c1. The highest BCUT2D eigenvalue weighted by atomic mass is 15.1. The Hall–Kier alpha value is -2.95. The molecule has 5 heteroatoms. The van der Waals surface area contributed by atoms with Gasteiger partial charge in [-0.25, -0.2) is 4.98 Å². The summed E-state index contributed by atoms with van der Waals surface area (Å²) in [5, 5.41) is 6.58. The number of pyridine rings is 1. The molecule has 0 atom stereocenters. The van der Waals surface area contributed by atoms with Gasteiger partial charge in [0.1, 0.15) is 5.82 Å². The molecule has 0 radical (unpaired) electrons. The van der Waals surface area contributed by atoms with Crippen LogP contribution in [-0.4, -0.2) is 15.0 Å². The number of hydrogen-bond acceptors (Lipinski definition) is 5. The van der Waals surface area contributed by atoms with Gasteiger partial charge >= 0.3 is 0 Å². The number of aryl methyl sites for hydroxylation is 3. The molecular weight excluding hydrogens is 298 g/mol. The molecule has 0 fully saturated rings. The smallest absolute Gasteiger partial charge is 0.225 e. The molecular formula is C19H21N5. The van der Waals surface area contributed by atoms with Crippen molar-refractivity contribution in [2.45, 2.75) is 27.3 Å². The highest BCUT2D eigenvalue weighted by Gasteiger charge is 2.04. The van der Waals surface area contributed by atoms with Crippen LogP contribution in [-0.2, 0) is 6.54 Å². The number of hydrogen-bond donors (Lipinski definition) is 2. The molecule has 5 nitrogen and oxygen atoms in total. The Morgan fingerprint density at radius 1 is 0.917 bits per heavy atom. The summed E-state index contributed by atoms with van der Waals surface area (Å²) in [5.74, 6) is 1.36. The molecule has 3 rings (SSSR count). The Bertz CT molecular complexity index is 810. The molecule has 0 amide bonds. The fourth-order valence-corrected chi connectivity index (χ4v) is 2.58. The van der Waals surface area contributed by atoms with Crippen LogP contribution in [0.15, 0.2) is 48.7 Å². The van der Waals surface area contributed by atoms with Crippen molar-refractivity contribution >= 4 is 17.5 Å². The van der Waals surface area contributed by atoms with E-state index in [9.17, 15) is 0 Å². The van der Waals surface area contributed by atoms with Gasteiger partial charge in [0.15, 0.2) is 0 Å². The van der Waals surface area contributed by atoms with Crippen molar-refractivity contribution < 1.29 is 0 Å². The largest absolute Gasteiger partial charge is 0.349 e. The van der Waals surface area contributed by atoms with Crippen molar-refractivity contribution in [2.75, 3.05) is 10.6 Å². The van der Waals surface area contributed by atoms with Gasteiger partial charge in [0.2, 0.25) is 5.95 Å². The van der Waals surface area contributed by atoms with Gasteiger partial charge in [0, 0.05) is 23.6 Å². The van der Waals surface area contributed by atoms with Crippen LogP contribution in [0.5, 0.6) is 0 Å². The lowest BCUT2D eigenvalue weighted by Crippen LogP contribution is -2.07. The Morgan fingerprint density at radius 3 is 2.42 bits per heavy atom. The zero-order valence-corrected chi connectivity index (χ0v) is 14.2. The van der Waals surface area contributed by atoms with Crippen LogP contribution < -0.4 is 10.6 Å². The molecule has 24 heavy (non-hydrogen) atoms. The van der Waals surface area contributed by atoms with Crippen molar-refractivity contribution in [1.29, 1.82) is 0 Å². The molecule has 0 aliphatic heterocycles. The molecule has 1 aromatic carbocycles. The Labute approximate surface area is 142 Å². The average Bonchev–Trinajstić information content (AvgIpc) is 2.52. The second-order valence-corrected chi connectivity index (χ2v) is 5.89. The molecule has 0 spiro atoms.